The van der Waals surface area contributed by atoms with Crippen LogP contribution >= 0.6 is 12.2 Å². The van der Waals surface area contributed by atoms with Gasteiger partial charge in [-0.25, -0.2) is 4.39 Å². The van der Waals surface area contributed by atoms with Gasteiger partial charge in [0.05, 0.1) is 6.61 Å². The van der Waals surface area contributed by atoms with Crippen LogP contribution in [0.3, 0.4) is 0 Å². The minimum Gasteiger partial charge on any atom is -0.494 e. The van der Waals surface area contributed by atoms with E-state index in [-0.39, 0.29) is 5.82 Å². The molecule has 0 atom stereocenters. The maximum Gasteiger partial charge on any atom is 0.169 e. The zero-order chi connectivity index (χ0) is 16.7. The number of hydrogen-bond acceptors (Lipinski definition) is 2. The van der Waals surface area contributed by atoms with Gasteiger partial charge in [-0.2, -0.15) is 0 Å². The molecule has 0 saturated carbocycles. The Labute approximate surface area is 142 Å². The molecule has 0 saturated heterocycles. The number of ether oxygens (including phenoxy) is 1. The summed E-state index contributed by atoms with van der Waals surface area (Å²) in [7, 11) is 1.94. The van der Waals surface area contributed by atoms with Crippen molar-refractivity contribution < 1.29 is 9.13 Å². The molecule has 0 amide bonds. The van der Waals surface area contributed by atoms with Crippen LogP contribution in [0.15, 0.2) is 48.5 Å². The number of benzene rings is 2. The van der Waals surface area contributed by atoms with Gasteiger partial charge in [0.25, 0.3) is 0 Å². The molecule has 0 heterocycles. The van der Waals surface area contributed by atoms with Crippen LogP contribution in [0, 0.1) is 5.82 Å². The summed E-state index contributed by atoms with van der Waals surface area (Å²) in [6.07, 6.45) is 0. The van der Waals surface area contributed by atoms with Gasteiger partial charge >= 0.3 is 0 Å². The number of rotatable bonds is 6. The average Bonchev–Trinajstić information content (AvgIpc) is 2.56. The Balaban J connectivity index is 1.83. The zero-order valence-corrected chi connectivity index (χ0v) is 14.2. The highest BCUT2D eigenvalue weighted by molar-refractivity contribution is 7.80. The van der Waals surface area contributed by atoms with Gasteiger partial charge in [0.15, 0.2) is 5.11 Å². The van der Waals surface area contributed by atoms with E-state index in [9.17, 15) is 4.39 Å². The Morgan fingerprint density at radius 2 is 1.70 bits per heavy atom. The zero-order valence-electron chi connectivity index (χ0n) is 13.4. The second-order valence-electron chi connectivity index (χ2n) is 5.22. The lowest BCUT2D eigenvalue weighted by atomic mass is 10.2. The van der Waals surface area contributed by atoms with Gasteiger partial charge in [-0.1, -0.05) is 24.3 Å². The van der Waals surface area contributed by atoms with Gasteiger partial charge in [0.2, 0.25) is 0 Å². The number of hydrogen-bond donors (Lipinski definition) is 1. The van der Waals surface area contributed by atoms with Crippen LogP contribution < -0.4 is 10.1 Å². The first kappa shape index (κ1) is 17.2. The molecule has 5 heteroatoms. The molecule has 3 nitrogen and oxygen atoms in total. The SMILES string of the molecule is CCOc1ccc(CN(C)C(=S)NCc2ccc(F)cc2)cc1. The van der Waals surface area contributed by atoms with Gasteiger partial charge < -0.3 is 15.0 Å². The highest BCUT2D eigenvalue weighted by atomic mass is 32.1. The third-order valence-corrected chi connectivity index (χ3v) is 3.81. The van der Waals surface area contributed by atoms with Crippen LogP contribution in [-0.4, -0.2) is 23.7 Å². The quantitative estimate of drug-likeness (QED) is 0.815. The van der Waals surface area contributed by atoms with Gasteiger partial charge in [-0.3, -0.25) is 0 Å². The summed E-state index contributed by atoms with van der Waals surface area (Å²) >= 11 is 5.38. The second-order valence-corrected chi connectivity index (χ2v) is 5.60. The van der Waals surface area contributed by atoms with Gasteiger partial charge in [-0.05, 0) is 54.5 Å². The first-order chi connectivity index (χ1) is 11.1. The second kappa shape index (κ2) is 8.48. The van der Waals surface area contributed by atoms with Crippen LogP contribution in [0.4, 0.5) is 4.39 Å². The molecule has 0 spiro atoms. The van der Waals surface area contributed by atoms with Crippen molar-refractivity contribution in [3.63, 3.8) is 0 Å². The predicted molar refractivity (Wildman–Crippen MR) is 94.9 cm³/mol. The van der Waals surface area contributed by atoms with E-state index in [0.717, 1.165) is 16.9 Å². The monoisotopic (exact) mass is 332 g/mol. The molecule has 0 unspecified atom stereocenters. The summed E-state index contributed by atoms with van der Waals surface area (Å²) in [4.78, 5) is 1.97. The summed E-state index contributed by atoms with van der Waals surface area (Å²) in [5.41, 5.74) is 2.14. The molecule has 0 aliphatic heterocycles. The van der Waals surface area contributed by atoms with E-state index in [1.807, 2.05) is 43.1 Å². The largest absolute Gasteiger partial charge is 0.494 e. The minimum atomic E-state index is -0.232. The van der Waals surface area contributed by atoms with Gasteiger partial charge in [0.1, 0.15) is 11.6 Å². The molecule has 0 aromatic heterocycles. The molecule has 122 valence electrons. The van der Waals surface area contributed by atoms with Crippen molar-refractivity contribution in [2.45, 2.75) is 20.0 Å². The fourth-order valence-corrected chi connectivity index (χ4v) is 2.26. The van der Waals surface area contributed by atoms with E-state index < -0.39 is 0 Å². The molecule has 1 N–H and O–H groups in total. The lowest BCUT2D eigenvalue weighted by Gasteiger charge is -2.21. The van der Waals surface area contributed by atoms with E-state index in [1.165, 1.54) is 12.1 Å². The van der Waals surface area contributed by atoms with E-state index in [2.05, 4.69) is 5.32 Å². The molecule has 0 bridgehead atoms. The Bertz CT molecular complexity index is 628. The molecule has 2 rings (SSSR count). The molecule has 23 heavy (non-hydrogen) atoms. The van der Waals surface area contributed by atoms with Crippen molar-refractivity contribution in [2.75, 3.05) is 13.7 Å². The lowest BCUT2D eigenvalue weighted by molar-refractivity contribution is 0.340. The Kier molecular flexibility index (Phi) is 6.35. The fourth-order valence-electron chi connectivity index (χ4n) is 2.12. The molecular weight excluding hydrogens is 311 g/mol. The topological polar surface area (TPSA) is 24.5 Å². The number of halogens is 1. The molecule has 2 aromatic rings. The highest BCUT2D eigenvalue weighted by Crippen LogP contribution is 2.13. The maximum absolute atomic E-state index is 12.9. The van der Waals surface area contributed by atoms with E-state index in [1.54, 1.807) is 12.1 Å². The van der Waals surface area contributed by atoms with Crippen LogP contribution in [0.2, 0.25) is 0 Å². The van der Waals surface area contributed by atoms with Crippen molar-refractivity contribution in [3.05, 3.63) is 65.5 Å². The van der Waals surface area contributed by atoms with Gasteiger partial charge in [-0.15, -0.1) is 0 Å². The minimum absolute atomic E-state index is 0.232. The molecular formula is C18H21FN2OS. The number of nitrogens with zero attached hydrogens (tertiary/aromatic N) is 1. The molecule has 0 aliphatic carbocycles. The first-order valence-corrected chi connectivity index (χ1v) is 7.94. The van der Waals surface area contributed by atoms with Crippen molar-refractivity contribution >= 4 is 17.3 Å². The number of thiocarbonyl (C=S) groups is 1. The van der Waals surface area contributed by atoms with Crippen molar-refractivity contribution in [3.8, 4) is 5.75 Å². The van der Waals surface area contributed by atoms with Crippen LogP contribution in [-0.2, 0) is 13.1 Å². The van der Waals surface area contributed by atoms with E-state index >= 15 is 0 Å². The van der Waals surface area contributed by atoms with Crippen molar-refractivity contribution in [1.29, 1.82) is 0 Å². The molecule has 0 fully saturated rings. The van der Waals surface area contributed by atoms with Crippen LogP contribution in [0.25, 0.3) is 0 Å². The lowest BCUT2D eigenvalue weighted by Crippen LogP contribution is -2.36. The summed E-state index contributed by atoms with van der Waals surface area (Å²) < 4.78 is 18.3. The van der Waals surface area contributed by atoms with Gasteiger partial charge in [0, 0.05) is 20.1 Å². The standard InChI is InChI=1S/C18H21FN2OS/c1-3-22-17-10-6-15(7-11-17)13-21(2)18(23)20-12-14-4-8-16(19)9-5-14/h4-11H,3,12-13H2,1-2H3,(H,20,23). The molecule has 0 aliphatic rings. The summed E-state index contributed by atoms with van der Waals surface area (Å²) in [6.45, 7) is 3.91. The number of nitrogens with one attached hydrogen (secondary N) is 1. The van der Waals surface area contributed by atoms with Crippen molar-refractivity contribution in [2.24, 2.45) is 0 Å². The predicted octanol–water partition coefficient (Wildman–Crippen LogP) is 3.73. The summed E-state index contributed by atoms with van der Waals surface area (Å²) in [5, 5.41) is 3.84. The Morgan fingerprint density at radius 1 is 1.09 bits per heavy atom. The molecule has 0 radical (unpaired) electrons. The van der Waals surface area contributed by atoms with E-state index in [4.69, 9.17) is 17.0 Å². The smallest absolute Gasteiger partial charge is 0.169 e. The fraction of sp³-hybridized carbons (Fsp3) is 0.278. The highest BCUT2D eigenvalue weighted by Gasteiger charge is 2.05. The third-order valence-electron chi connectivity index (χ3n) is 3.36. The normalized spacial score (nSPS) is 10.2. The third kappa shape index (κ3) is 5.53. The van der Waals surface area contributed by atoms with Crippen LogP contribution in [0.1, 0.15) is 18.1 Å². The summed E-state index contributed by atoms with van der Waals surface area (Å²) in [6, 6.07) is 14.4. The first-order valence-electron chi connectivity index (χ1n) is 7.53. The van der Waals surface area contributed by atoms with Crippen LogP contribution in [0.5, 0.6) is 5.75 Å². The Morgan fingerprint density at radius 3 is 2.30 bits per heavy atom. The maximum atomic E-state index is 12.9. The van der Waals surface area contributed by atoms with E-state index in [0.29, 0.717) is 24.8 Å². The summed E-state index contributed by atoms with van der Waals surface area (Å²) in [5.74, 6) is 0.639. The van der Waals surface area contributed by atoms with Crippen molar-refractivity contribution in [1.82, 2.24) is 10.2 Å². The average molecular weight is 332 g/mol. The Hall–Kier alpha value is -2.14. The molecule has 2 aromatic carbocycles.